The molecule has 7 nitrogen and oxygen atoms in total. The van der Waals surface area contributed by atoms with Crippen molar-refractivity contribution in [3.63, 3.8) is 0 Å². The molecule has 3 aromatic rings. The lowest BCUT2D eigenvalue weighted by Crippen LogP contribution is -2.53. The van der Waals surface area contributed by atoms with Crippen molar-refractivity contribution in [1.29, 1.82) is 0 Å². The Labute approximate surface area is 222 Å². The molecule has 8 heteroatoms. The Bertz CT molecular complexity index is 1220. The standard InChI is InChI=1S/C29H36N4O3S/c1-5-10-27(35)32-24(17-28-33-23-14-13-21(19(3)4)16-25(23)37-28)29(36)31-22(18-30-26(34)6-2)15-20-11-8-7-9-12-20/h6-9,11-14,16,19,22,24H,2,5,10,15,17-18H2,1,3-4H3,(H,30,34)(H,31,36)(H,32,35)/t22-,24-/m0/s1. The zero-order valence-electron chi connectivity index (χ0n) is 21.8. The SMILES string of the molecule is C=CC(=O)NC[C@H](Cc1ccccc1)NC(=O)[C@H](Cc1nc2ccc(C(C)C)cc2s1)NC(=O)CCC. The summed E-state index contributed by atoms with van der Waals surface area (Å²) in [5, 5.41) is 9.50. The van der Waals surface area contributed by atoms with Gasteiger partial charge in [-0.2, -0.15) is 0 Å². The largest absolute Gasteiger partial charge is 0.350 e. The van der Waals surface area contributed by atoms with Gasteiger partial charge in [0.1, 0.15) is 6.04 Å². The quantitative estimate of drug-likeness (QED) is 0.293. The van der Waals surface area contributed by atoms with Crippen LogP contribution in [-0.4, -0.2) is 41.3 Å². The Morgan fingerprint density at radius 3 is 2.49 bits per heavy atom. The van der Waals surface area contributed by atoms with E-state index in [2.05, 4.69) is 48.5 Å². The number of thiazole rings is 1. The average molecular weight is 521 g/mol. The molecule has 0 aliphatic carbocycles. The minimum Gasteiger partial charge on any atom is -0.350 e. The van der Waals surface area contributed by atoms with E-state index in [-0.39, 0.29) is 36.7 Å². The van der Waals surface area contributed by atoms with Crippen LogP contribution in [0.15, 0.2) is 61.2 Å². The summed E-state index contributed by atoms with van der Waals surface area (Å²) in [7, 11) is 0. The highest BCUT2D eigenvalue weighted by Crippen LogP contribution is 2.27. The van der Waals surface area contributed by atoms with Crippen LogP contribution in [0.3, 0.4) is 0 Å². The third-order valence-electron chi connectivity index (χ3n) is 6.01. The minimum absolute atomic E-state index is 0.176. The Hall–Kier alpha value is -3.52. The first-order valence-electron chi connectivity index (χ1n) is 12.7. The third kappa shape index (κ3) is 8.53. The van der Waals surface area contributed by atoms with Crippen LogP contribution < -0.4 is 16.0 Å². The second-order valence-corrected chi connectivity index (χ2v) is 10.5. The molecule has 0 aliphatic heterocycles. The number of nitrogens with one attached hydrogen (secondary N) is 3. The highest BCUT2D eigenvalue weighted by Gasteiger charge is 2.25. The highest BCUT2D eigenvalue weighted by molar-refractivity contribution is 7.18. The molecule has 0 aliphatic rings. The minimum atomic E-state index is -0.780. The number of nitrogens with zero attached hydrogens (tertiary/aromatic N) is 1. The van der Waals surface area contributed by atoms with E-state index in [0.717, 1.165) is 20.8 Å². The lowest BCUT2D eigenvalue weighted by atomic mass is 10.0. The first kappa shape index (κ1) is 28.1. The number of aromatic nitrogens is 1. The van der Waals surface area contributed by atoms with Crippen molar-refractivity contribution >= 4 is 39.3 Å². The van der Waals surface area contributed by atoms with Crippen LogP contribution in [0.5, 0.6) is 0 Å². The first-order valence-corrected chi connectivity index (χ1v) is 13.5. The Kier molecular flexibility index (Phi) is 10.4. The Balaban J connectivity index is 1.80. The highest BCUT2D eigenvalue weighted by atomic mass is 32.1. The van der Waals surface area contributed by atoms with E-state index in [4.69, 9.17) is 4.98 Å². The molecule has 1 aromatic heterocycles. The van der Waals surface area contributed by atoms with E-state index in [1.807, 2.05) is 43.3 Å². The van der Waals surface area contributed by atoms with Gasteiger partial charge in [0.05, 0.1) is 21.3 Å². The number of carbonyl (C=O) groups excluding carboxylic acids is 3. The summed E-state index contributed by atoms with van der Waals surface area (Å²) in [6, 6.07) is 14.8. The maximum Gasteiger partial charge on any atom is 0.243 e. The molecule has 2 aromatic carbocycles. The third-order valence-corrected chi connectivity index (χ3v) is 7.05. The van der Waals surface area contributed by atoms with Gasteiger partial charge in [0.25, 0.3) is 0 Å². The fourth-order valence-electron chi connectivity index (χ4n) is 3.98. The van der Waals surface area contributed by atoms with Gasteiger partial charge in [0, 0.05) is 19.4 Å². The summed E-state index contributed by atoms with van der Waals surface area (Å²) < 4.78 is 1.06. The molecule has 3 amide bonds. The molecule has 0 radical (unpaired) electrons. The van der Waals surface area contributed by atoms with E-state index in [1.54, 1.807) is 11.3 Å². The molecule has 0 unspecified atom stereocenters. The summed E-state index contributed by atoms with van der Waals surface area (Å²) in [5.74, 6) is -0.383. The van der Waals surface area contributed by atoms with Crippen LogP contribution in [0, 0.1) is 0 Å². The number of benzene rings is 2. The molecule has 37 heavy (non-hydrogen) atoms. The molecular formula is C29H36N4O3S. The first-order chi connectivity index (χ1) is 17.8. The van der Waals surface area contributed by atoms with E-state index in [0.29, 0.717) is 25.2 Å². The number of fused-ring (bicyclic) bond motifs is 1. The molecule has 3 N–H and O–H groups in total. The summed E-state index contributed by atoms with van der Waals surface area (Å²) in [6.07, 6.45) is 3.04. The summed E-state index contributed by atoms with van der Waals surface area (Å²) in [5.41, 5.74) is 3.15. The van der Waals surface area contributed by atoms with Gasteiger partial charge < -0.3 is 16.0 Å². The fourth-order valence-corrected chi connectivity index (χ4v) is 5.04. The summed E-state index contributed by atoms with van der Waals surface area (Å²) >= 11 is 1.54. The van der Waals surface area contributed by atoms with Crippen LogP contribution in [0.2, 0.25) is 0 Å². The number of hydrogen-bond donors (Lipinski definition) is 3. The molecule has 2 atom stereocenters. The lowest BCUT2D eigenvalue weighted by Gasteiger charge is -2.23. The van der Waals surface area contributed by atoms with Gasteiger partial charge in [-0.1, -0.05) is 63.7 Å². The molecule has 3 rings (SSSR count). The molecule has 196 valence electrons. The maximum atomic E-state index is 13.5. The van der Waals surface area contributed by atoms with Gasteiger partial charge in [-0.25, -0.2) is 4.98 Å². The van der Waals surface area contributed by atoms with Gasteiger partial charge in [-0.15, -0.1) is 11.3 Å². The second kappa shape index (κ2) is 13.7. The van der Waals surface area contributed by atoms with Crippen LogP contribution >= 0.6 is 11.3 Å². The Morgan fingerprint density at radius 1 is 1.05 bits per heavy atom. The van der Waals surface area contributed by atoms with Gasteiger partial charge >= 0.3 is 0 Å². The van der Waals surface area contributed by atoms with Crippen molar-refractivity contribution in [2.24, 2.45) is 0 Å². The van der Waals surface area contributed by atoms with E-state index < -0.39 is 6.04 Å². The van der Waals surface area contributed by atoms with Gasteiger partial charge in [0.15, 0.2) is 0 Å². The molecule has 0 bridgehead atoms. The molecule has 1 heterocycles. The van der Waals surface area contributed by atoms with Crippen molar-refractivity contribution in [3.8, 4) is 0 Å². The maximum absolute atomic E-state index is 13.5. The van der Waals surface area contributed by atoms with Crippen molar-refractivity contribution < 1.29 is 14.4 Å². The van der Waals surface area contributed by atoms with E-state index in [1.165, 1.54) is 11.6 Å². The number of amides is 3. The van der Waals surface area contributed by atoms with E-state index in [9.17, 15) is 14.4 Å². The van der Waals surface area contributed by atoms with Crippen molar-refractivity contribution in [2.75, 3.05) is 6.54 Å². The van der Waals surface area contributed by atoms with Crippen molar-refractivity contribution in [2.45, 2.75) is 64.5 Å². The van der Waals surface area contributed by atoms with Crippen LogP contribution in [-0.2, 0) is 27.2 Å². The van der Waals surface area contributed by atoms with Crippen molar-refractivity contribution in [1.82, 2.24) is 20.9 Å². The second-order valence-electron chi connectivity index (χ2n) is 9.41. The molecule has 0 saturated carbocycles. The molecule has 0 spiro atoms. The topological polar surface area (TPSA) is 100 Å². The smallest absolute Gasteiger partial charge is 0.243 e. The number of rotatable bonds is 13. The molecular weight excluding hydrogens is 484 g/mol. The fraction of sp³-hybridized carbons (Fsp3) is 0.379. The Morgan fingerprint density at radius 2 is 1.81 bits per heavy atom. The van der Waals surface area contributed by atoms with Crippen LogP contribution in [0.1, 0.15) is 55.7 Å². The van der Waals surface area contributed by atoms with Crippen LogP contribution in [0.25, 0.3) is 10.2 Å². The zero-order chi connectivity index (χ0) is 26.8. The normalized spacial score (nSPS) is 12.6. The summed E-state index contributed by atoms with van der Waals surface area (Å²) in [4.78, 5) is 42.5. The monoisotopic (exact) mass is 520 g/mol. The van der Waals surface area contributed by atoms with Gasteiger partial charge in [-0.05, 0) is 48.1 Å². The van der Waals surface area contributed by atoms with Crippen LogP contribution in [0.4, 0.5) is 0 Å². The van der Waals surface area contributed by atoms with Crippen molar-refractivity contribution in [3.05, 3.63) is 77.3 Å². The molecule has 0 saturated heterocycles. The molecule has 0 fully saturated rings. The average Bonchev–Trinajstić information content (AvgIpc) is 3.29. The van der Waals surface area contributed by atoms with Gasteiger partial charge in [-0.3, -0.25) is 14.4 Å². The summed E-state index contributed by atoms with van der Waals surface area (Å²) in [6.45, 7) is 9.95. The van der Waals surface area contributed by atoms with Gasteiger partial charge in [0.2, 0.25) is 17.7 Å². The predicted octanol–water partition coefficient (Wildman–Crippen LogP) is 4.28. The van der Waals surface area contributed by atoms with E-state index >= 15 is 0 Å². The zero-order valence-corrected chi connectivity index (χ0v) is 22.6. The lowest BCUT2D eigenvalue weighted by molar-refractivity contribution is -0.129. The number of hydrogen-bond acceptors (Lipinski definition) is 5. The predicted molar refractivity (Wildman–Crippen MR) is 150 cm³/mol. The number of carbonyl (C=O) groups is 3.